The fraction of sp³-hybridized carbons (Fsp3) is 0.250. The third kappa shape index (κ3) is 8.63. The van der Waals surface area contributed by atoms with Crippen LogP contribution in [0.1, 0.15) is 18.1 Å². The Bertz CT molecular complexity index is 1130. The molecule has 0 bridgehead atoms. The molecule has 0 aromatic heterocycles. The Kier molecular flexibility index (Phi) is 11.7. The molecule has 0 saturated carbocycles. The number of hydrogen-bond donors (Lipinski definition) is 2. The van der Waals surface area contributed by atoms with E-state index in [0.29, 0.717) is 65.1 Å². The van der Waals surface area contributed by atoms with E-state index in [0.717, 1.165) is 11.1 Å². The van der Waals surface area contributed by atoms with Crippen LogP contribution < -0.4 is 20.1 Å². The predicted octanol–water partition coefficient (Wildman–Crippen LogP) is 7.16. The lowest BCUT2D eigenvalue weighted by molar-refractivity contribution is -0.384. The molecule has 2 N–H and O–H groups in total. The molecule has 0 aliphatic rings. The van der Waals surface area contributed by atoms with Crippen LogP contribution in [-0.4, -0.2) is 24.6 Å². The molecule has 11 heteroatoms. The lowest BCUT2D eigenvalue weighted by Gasteiger charge is -2.16. The molecule has 188 valence electrons. The standard InChI is InChI=1S/C24H24Cl3N3O4.ClH/c1-2-33-23-12-17(11-21(27)24(23)34-15-16-3-5-18(25)6-4-16)14-28-9-10-29-22-8-7-19(30(31)32)13-20(22)26;/h3-8,11-13,28-29H,2,9-10,14-15H2,1H3;1H. The zero-order valence-corrected chi connectivity index (χ0v) is 21.9. The fourth-order valence-corrected chi connectivity index (χ4v) is 3.80. The van der Waals surface area contributed by atoms with Crippen molar-refractivity contribution >= 4 is 58.6 Å². The van der Waals surface area contributed by atoms with Crippen molar-refractivity contribution in [1.29, 1.82) is 0 Å². The first-order valence-electron chi connectivity index (χ1n) is 10.6. The molecular weight excluding hydrogens is 536 g/mol. The summed E-state index contributed by atoms with van der Waals surface area (Å²) < 4.78 is 11.7. The van der Waals surface area contributed by atoms with Crippen LogP contribution in [0.3, 0.4) is 0 Å². The quantitative estimate of drug-likeness (QED) is 0.139. The van der Waals surface area contributed by atoms with Gasteiger partial charge in [-0.2, -0.15) is 0 Å². The van der Waals surface area contributed by atoms with Gasteiger partial charge >= 0.3 is 0 Å². The maximum atomic E-state index is 10.8. The Morgan fingerprint density at radius 2 is 1.66 bits per heavy atom. The van der Waals surface area contributed by atoms with Crippen LogP contribution in [0.5, 0.6) is 11.5 Å². The first-order valence-corrected chi connectivity index (χ1v) is 11.7. The van der Waals surface area contributed by atoms with Gasteiger partial charge in [0, 0.05) is 36.8 Å². The van der Waals surface area contributed by atoms with Crippen LogP contribution in [0.15, 0.2) is 54.6 Å². The average Bonchev–Trinajstić information content (AvgIpc) is 2.80. The maximum Gasteiger partial charge on any atom is 0.271 e. The highest BCUT2D eigenvalue weighted by Crippen LogP contribution is 2.37. The molecule has 0 aliphatic heterocycles. The SMILES string of the molecule is CCOc1cc(CNCCNc2ccc([N+](=O)[O-])cc2Cl)cc(Cl)c1OCc1ccc(Cl)cc1.Cl. The van der Waals surface area contributed by atoms with E-state index in [-0.39, 0.29) is 18.1 Å². The van der Waals surface area contributed by atoms with Crippen molar-refractivity contribution < 1.29 is 14.4 Å². The number of nitrogens with one attached hydrogen (secondary N) is 2. The number of nitro benzene ring substituents is 1. The van der Waals surface area contributed by atoms with Crippen molar-refractivity contribution in [3.05, 3.63) is 90.9 Å². The van der Waals surface area contributed by atoms with Crippen molar-refractivity contribution in [2.75, 3.05) is 25.0 Å². The van der Waals surface area contributed by atoms with Crippen molar-refractivity contribution in [1.82, 2.24) is 5.32 Å². The topological polar surface area (TPSA) is 85.7 Å². The molecule has 0 unspecified atom stereocenters. The molecule has 0 amide bonds. The second-order valence-electron chi connectivity index (χ2n) is 7.28. The first-order chi connectivity index (χ1) is 16.4. The fourth-order valence-electron chi connectivity index (χ4n) is 3.14. The number of benzene rings is 3. The number of halogens is 4. The van der Waals surface area contributed by atoms with E-state index in [1.165, 1.54) is 12.1 Å². The van der Waals surface area contributed by atoms with E-state index in [9.17, 15) is 10.1 Å². The van der Waals surface area contributed by atoms with Gasteiger partial charge in [0.15, 0.2) is 11.5 Å². The third-order valence-corrected chi connectivity index (χ3v) is 5.62. The van der Waals surface area contributed by atoms with E-state index < -0.39 is 4.92 Å². The molecule has 0 spiro atoms. The van der Waals surface area contributed by atoms with Crippen molar-refractivity contribution in [3.8, 4) is 11.5 Å². The van der Waals surface area contributed by atoms with Gasteiger partial charge in [0.1, 0.15) is 6.61 Å². The summed E-state index contributed by atoms with van der Waals surface area (Å²) in [7, 11) is 0. The molecule has 0 atom stereocenters. The van der Waals surface area contributed by atoms with Crippen LogP contribution in [0.25, 0.3) is 0 Å². The first kappa shape index (κ1) is 28.8. The van der Waals surface area contributed by atoms with Gasteiger partial charge in [0.25, 0.3) is 5.69 Å². The summed E-state index contributed by atoms with van der Waals surface area (Å²) in [6, 6.07) is 15.5. The van der Waals surface area contributed by atoms with Crippen LogP contribution in [-0.2, 0) is 13.2 Å². The molecule has 3 rings (SSSR count). The van der Waals surface area contributed by atoms with Gasteiger partial charge in [0.2, 0.25) is 0 Å². The van der Waals surface area contributed by atoms with Gasteiger partial charge in [-0.25, -0.2) is 0 Å². The van der Waals surface area contributed by atoms with Gasteiger partial charge < -0.3 is 20.1 Å². The zero-order valence-electron chi connectivity index (χ0n) is 18.9. The normalized spacial score (nSPS) is 10.4. The second kappa shape index (κ2) is 14.2. The van der Waals surface area contributed by atoms with Crippen molar-refractivity contribution in [2.24, 2.45) is 0 Å². The predicted molar refractivity (Wildman–Crippen MR) is 144 cm³/mol. The van der Waals surface area contributed by atoms with Gasteiger partial charge in [-0.05, 0) is 48.4 Å². The highest BCUT2D eigenvalue weighted by atomic mass is 35.5. The number of nitro groups is 1. The minimum Gasteiger partial charge on any atom is -0.490 e. The number of ether oxygens (including phenoxy) is 2. The summed E-state index contributed by atoms with van der Waals surface area (Å²) in [5.41, 5.74) is 2.50. The van der Waals surface area contributed by atoms with Crippen LogP contribution in [0.2, 0.25) is 15.1 Å². The Balaban J connectivity index is 0.00000432. The Morgan fingerprint density at radius 3 is 2.31 bits per heavy atom. The molecular formula is C24H25Cl4N3O4. The minimum absolute atomic E-state index is 0. The molecule has 0 fully saturated rings. The van der Waals surface area contributed by atoms with E-state index in [1.54, 1.807) is 6.07 Å². The van der Waals surface area contributed by atoms with Gasteiger partial charge in [-0.3, -0.25) is 10.1 Å². The van der Waals surface area contributed by atoms with E-state index >= 15 is 0 Å². The molecule has 0 radical (unpaired) electrons. The Labute approximate surface area is 225 Å². The molecule has 0 aliphatic carbocycles. The van der Waals surface area contributed by atoms with Crippen molar-refractivity contribution in [2.45, 2.75) is 20.1 Å². The summed E-state index contributed by atoms with van der Waals surface area (Å²) >= 11 is 18.5. The molecule has 0 heterocycles. The van der Waals surface area contributed by atoms with Gasteiger partial charge in [0.05, 0.1) is 27.3 Å². The second-order valence-corrected chi connectivity index (χ2v) is 8.53. The summed E-state index contributed by atoms with van der Waals surface area (Å²) in [6.07, 6.45) is 0. The number of hydrogen-bond acceptors (Lipinski definition) is 6. The van der Waals surface area contributed by atoms with Crippen LogP contribution in [0.4, 0.5) is 11.4 Å². The van der Waals surface area contributed by atoms with E-state index in [4.69, 9.17) is 44.3 Å². The largest absolute Gasteiger partial charge is 0.490 e. The van der Waals surface area contributed by atoms with Crippen molar-refractivity contribution in [3.63, 3.8) is 0 Å². The summed E-state index contributed by atoms with van der Waals surface area (Å²) in [6.45, 7) is 4.48. The lowest BCUT2D eigenvalue weighted by Crippen LogP contribution is -2.22. The van der Waals surface area contributed by atoms with Crippen LogP contribution >= 0.6 is 47.2 Å². The molecule has 35 heavy (non-hydrogen) atoms. The van der Waals surface area contributed by atoms with Crippen LogP contribution in [0, 0.1) is 10.1 Å². The van der Waals surface area contributed by atoms with E-state index in [2.05, 4.69) is 10.6 Å². The maximum absolute atomic E-state index is 10.8. The summed E-state index contributed by atoms with van der Waals surface area (Å²) in [5, 5.41) is 18.7. The number of nitrogens with zero attached hydrogens (tertiary/aromatic N) is 1. The third-order valence-electron chi connectivity index (χ3n) is 4.78. The number of anilines is 1. The monoisotopic (exact) mass is 559 g/mol. The van der Waals surface area contributed by atoms with Gasteiger partial charge in [-0.15, -0.1) is 12.4 Å². The number of rotatable bonds is 12. The highest BCUT2D eigenvalue weighted by Gasteiger charge is 2.13. The summed E-state index contributed by atoms with van der Waals surface area (Å²) in [4.78, 5) is 10.3. The zero-order chi connectivity index (χ0) is 24.5. The Morgan fingerprint density at radius 1 is 0.914 bits per heavy atom. The van der Waals surface area contributed by atoms with Gasteiger partial charge in [-0.1, -0.05) is 46.9 Å². The number of non-ortho nitro benzene ring substituents is 1. The molecule has 3 aromatic carbocycles. The molecule has 7 nitrogen and oxygen atoms in total. The lowest BCUT2D eigenvalue weighted by atomic mass is 10.2. The minimum atomic E-state index is -0.479. The Hall–Kier alpha value is -2.42. The summed E-state index contributed by atoms with van der Waals surface area (Å²) in [5.74, 6) is 1.08. The molecule has 0 saturated heterocycles. The average molecular weight is 561 g/mol. The molecule has 3 aromatic rings. The van der Waals surface area contributed by atoms with E-state index in [1.807, 2.05) is 43.3 Å². The smallest absolute Gasteiger partial charge is 0.271 e. The highest BCUT2D eigenvalue weighted by molar-refractivity contribution is 6.33.